The van der Waals surface area contributed by atoms with Crippen molar-refractivity contribution in [2.75, 3.05) is 6.61 Å². The Bertz CT molecular complexity index is 711. The zero-order chi connectivity index (χ0) is 16.4. The number of rotatable bonds is 4. The van der Waals surface area contributed by atoms with Crippen molar-refractivity contribution in [1.29, 1.82) is 0 Å². The highest BCUT2D eigenvalue weighted by atomic mass is 16.5. The molecule has 1 fully saturated rings. The summed E-state index contributed by atoms with van der Waals surface area (Å²) < 4.78 is 7.89. The Morgan fingerprint density at radius 2 is 1.87 bits per heavy atom. The van der Waals surface area contributed by atoms with E-state index in [1.807, 2.05) is 0 Å². The van der Waals surface area contributed by atoms with Gasteiger partial charge in [-0.05, 0) is 39.0 Å². The highest BCUT2D eigenvalue weighted by molar-refractivity contribution is 5.69. The van der Waals surface area contributed by atoms with Crippen LogP contribution < -0.4 is 11.2 Å². The molecule has 0 saturated heterocycles. The van der Waals surface area contributed by atoms with E-state index in [1.165, 1.54) is 9.13 Å². The minimum absolute atomic E-state index is 0.0249. The Morgan fingerprint density at radius 1 is 1.13 bits per heavy atom. The predicted octanol–water partition coefficient (Wildman–Crippen LogP) is 1.57. The Balaban J connectivity index is 2.08. The molecule has 0 aromatic carbocycles. The Morgan fingerprint density at radius 3 is 2.57 bits per heavy atom. The van der Waals surface area contributed by atoms with E-state index in [-0.39, 0.29) is 30.4 Å². The number of aromatic nitrogens is 2. The summed E-state index contributed by atoms with van der Waals surface area (Å²) in [4.78, 5) is 37.6. The van der Waals surface area contributed by atoms with Gasteiger partial charge in [0.2, 0.25) is 0 Å². The molecule has 1 heterocycles. The highest BCUT2D eigenvalue weighted by Gasteiger charge is 2.28. The summed E-state index contributed by atoms with van der Waals surface area (Å²) in [6, 6.07) is -0.0249. The lowest BCUT2D eigenvalue weighted by Crippen LogP contribution is -2.46. The normalized spacial score (nSPS) is 18.0. The molecule has 3 rings (SSSR count). The largest absolute Gasteiger partial charge is 0.465 e. The number of carbonyl (C=O) groups is 1. The van der Waals surface area contributed by atoms with E-state index in [0.717, 1.165) is 49.8 Å². The molecule has 0 aliphatic heterocycles. The number of hydrogen-bond acceptors (Lipinski definition) is 4. The van der Waals surface area contributed by atoms with Gasteiger partial charge in [-0.3, -0.25) is 18.7 Å². The maximum absolute atomic E-state index is 12.9. The van der Waals surface area contributed by atoms with Gasteiger partial charge in [0, 0.05) is 17.3 Å². The van der Waals surface area contributed by atoms with Crippen molar-refractivity contribution in [3.05, 3.63) is 32.1 Å². The van der Waals surface area contributed by atoms with Gasteiger partial charge in [0.05, 0.1) is 6.61 Å². The second-order valence-electron chi connectivity index (χ2n) is 6.42. The monoisotopic (exact) mass is 320 g/mol. The van der Waals surface area contributed by atoms with Gasteiger partial charge >= 0.3 is 11.7 Å². The van der Waals surface area contributed by atoms with Gasteiger partial charge in [0.15, 0.2) is 0 Å². The smallest absolute Gasteiger partial charge is 0.332 e. The third-order valence-corrected chi connectivity index (χ3v) is 4.96. The molecule has 1 aromatic heterocycles. The minimum Gasteiger partial charge on any atom is -0.465 e. The van der Waals surface area contributed by atoms with Gasteiger partial charge < -0.3 is 4.74 Å². The fourth-order valence-electron chi connectivity index (χ4n) is 3.89. The molecule has 6 nitrogen and oxygen atoms in total. The van der Waals surface area contributed by atoms with Crippen LogP contribution in [0.25, 0.3) is 0 Å². The van der Waals surface area contributed by atoms with E-state index in [9.17, 15) is 14.4 Å². The van der Waals surface area contributed by atoms with Gasteiger partial charge in [0.1, 0.15) is 6.54 Å². The number of nitrogens with zero attached hydrogens (tertiary/aromatic N) is 2. The molecule has 0 unspecified atom stereocenters. The van der Waals surface area contributed by atoms with Crippen molar-refractivity contribution in [3.8, 4) is 0 Å². The average Bonchev–Trinajstić information content (AvgIpc) is 3.03. The quantitative estimate of drug-likeness (QED) is 0.790. The summed E-state index contributed by atoms with van der Waals surface area (Å²) in [6.07, 6.45) is 7.24. The lowest BCUT2D eigenvalue weighted by Gasteiger charge is -2.25. The van der Waals surface area contributed by atoms with Crippen LogP contribution in [0.1, 0.15) is 62.7 Å². The molecule has 0 spiro atoms. The first-order valence-electron chi connectivity index (χ1n) is 8.66. The van der Waals surface area contributed by atoms with E-state index in [2.05, 4.69) is 0 Å². The van der Waals surface area contributed by atoms with E-state index < -0.39 is 5.97 Å². The molecule has 0 bridgehead atoms. The number of ether oxygens (including phenoxy) is 1. The SMILES string of the molecule is CCOC(=O)Cn1c2c(c(=O)n(C3CCCCC3)c1=O)CCC2. The molecular formula is C17H24N2O4. The van der Waals surface area contributed by atoms with Crippen molar-refractivity contribution in [2.45, 2.75) is 70.9 Å². The summed E-state index contributed by atoms with van der Waals surface area (Å²) >= 11 is 0. The van der Waals surface area contributed by atoms with Gasteiger partial charge in [-0.1, -0.05) is 19.3 Å². The first kappa shape index (κ1) is 16.0. The predicted molar refractivity (Wildman–Crippen MR) is 85.7 cm³/mol. The molecule has 2 aliphatic carbocycles. The number of hydrogen-bond donors (Lipinski definition) is 0. The third-order valence-electron chi connectivity index (χ3n) is 4.96. The Hall–Kier alpha value is -1.85. The van der Waals surface area contributed by atoms with Gasteiger partial charge in [-0.2, -0.15) is 0 Å². The van der Waals surface area contributed by atoms with Gasteiger partial charge in [-0.25, -0.2) is 4.79 Å². The molecule has 1 saturated carbocycles. The van der Waals surface area contributed by atoms with Crippen LogP contribution in [0.4, 0.5) is 0 Å². The fraction of sp³-hybridized carbons (Fsp3) is 0.706. The standard InChI is InChI=1S/C17H24N2O4/c1-2-23-15(20)11-18-14-10-6-9-13(14)16(21)19(17(18)22)12-7-4-3-5-8-12/h12H,2-11H2,1H3. The van der Waals surface area contributed by atoms with Crippen LogP contribution in [0.15, 0.2) is 9.59 Å². The zero-order valence-electron chi connectivity index (χ0n) is 13.7. The third kappa shape index (κ3) is 2.99. The molecule has 126 valence electrons. The highest BCUT2D eigenvalue weighted by Crippen LogP contribution is 2.27. The van der Waals surface area contributed by atoms with Crippen molar-refractivity contribution in [3.63, 3.8) is 0 Å². The van der Waals surface area contributed by atoms with Gasteiger partial charge in [-0.15, -0.1) is 0 Å². The molecular weight excluding hydrogens is 296 g/mol. The average molecular weight is 320 g/mol. The first-order valence-corrected chi connectivity index (χ1v) is 8.66. The van der Waals surface area contributed by atoms with Crippen LogP contribution in [-0.2, 0) is 28.9 Å². The lowest BCUT2D eigenvalue weighted by atomic mass is 9.95. The van der Waals surface area contributed by atoms with E-state index >= 15 is 0 Å². The molecule has 23 heavy (non-hydrogen) atoms. The van der Waals surface area contributed by atoms with Crippen LogP contribution >= 0.6 is 0 Å². The molecule has 0 N–H and O–H groups in total. The number of carbonyl (C=O) groups excluding carboxylic acids is 1. The summed E-state index contributed by atoms with van der Waals surface area (Å²) in [7, 11) is 0. The van der Waals surface area contributed by atoms with Crippen molar-refractivity contribution >= 4 is 5.97 Å². The molecule has 6 heteroatoms. The van der Waals surface area contributed by atoms with Crippen molar-refractivity contribution in [2.24, 2.45) is 0 Å². The van der Waals surface area contributed by atoms with E-state index in [1.54, 1.807) is 6.92 Å². The summed E-state index contributed by atoms with van der Waals surface area (Å²) in [5, 5.41) is 0. The van der Waals surface area contributed by atoms with Crippen LogP contribution in [0.3, 0.4) is 0 Å². The van der Waals surface area contributed by atoms with Crippen LogP contribution in [0.5, 0.6) is 0 Å². The van der Waals surface area contributed by atoms with E-state index in [0.29, 0.717) is 12.8 Å². The van der Waals surface area contributed by atoms with Crippen LogP contribution in [-0.4, -0.2) is 21.7 Å². The Kier molecular flexibility index (Phi) is 4.68. The second kappa shape index (κ2) is 6.72. The lowest BCUT2D eigenvalue weighted by molar-refractivity contribution is -0.143. The zero-order valence-corrected chi connectivity index (χ0v) is 13.7. The van der Waals surface area contributed by atoms with Gasteiger partial charge in [0.25, 0.3) is 5.56 Å². The molecule has 2 aliphatic rings. The van der Waals surface area contributed by atoms with Crippen LogP contribution in [0, 0.1) is 0 Å². The molecule has 0 radical (unpaired) electrons. The molecule has 1 aromatic rings. The maximum Gasteiger partial charge on any atom is 0.332 e. The minimum atomic E-state index is -0.419. The van der Waals surface area contributed by atoms with Crippen molar-refractivity contribution < 1.29 is 9.53 Å². The van der Waals surface area contributed by atoms with Crippen molar-refractivity contribution in [1.82, 2.24) is 9.13 Å². The fourth-order valence-corrected chi connectivity index (χ4v) is 3.89. The number of esters is 1. The summed E-state index contributed by atoms with van der Waals surface area (Å²) in [5.74, 6) is -0.419. The summed E-state index contributed by atoms with van der Waals surface area (Å²) in [6.45, 7) is 1.94. The summed E-state index contributed by atoms with van der Waals surface area (Å²) in [5.41, 5.74) is 0.990. The first-order chi connectivity index (χ1) is 11.1. The maximum atomic E-state index is 12.9. The number of fused-ring (bicyclic) bond motifs is 1. The molecule has 0 amide bonds. The van der Waals surface area contributed by atoms with E-state index in [4.69, 9.17) is 4.74 Å². The molecule has 0 atom stereocenters. The topological polar surface area (TPSA) is 70.3 Å². The van der Waals surface area contributed by atoms with Crippen LogP contribution in [0.2, 0.25) is 0 Å². The Labute approximate surface area is 135 Å². The second-order valence-corrected chi connectivity index (χ2v) is 6.42.